The predicted molar refractivity (Wildman–Crippen MR) is 73.0 cm³/mol. The van der Waals surface area contributed by atoms with Crippen LogP contribution in [0, 0.1) is 13.8 Å². The summed E-state index contributed by atoms with van der Waals surface area (Å²) in [6.07, 6.45) is 5.26. The normalized spacial score (nSPS) is 10.5. The molecule has 2 aromatic rings. The number of H-pyrrole nitrogens is 1. The Bertz CT molecular complexity index is 582. The van der Waals surface area contributed by atoms with Gasteiger partial charge in [-0.1, -0.05) is 0 Å². The van der Waals surface area contributed by atoms with Crippen LogP contribution in [-0.4, -0.2) is 32.1 Å². The van der Waals surface area contributed by atoms with Crippen molar-refractivity contribution in [1.82, 2.24) is 25.3 Å². The van der Waals surface area contributed by atoms with Gasteiger partial charge in [-0.25, -0.2) is 15.0 Å². The summed E-state index contributed by atoms with van der Waals surface area (Å²) in [7, 11) is 0. The third-order valence-electron chi connectivity index (χ3n) is 2.56. The van der Waals surface area contributed by atoms with Crippen LogP contribution in [0.15, 0.2) is 17.4 Å². The van der Waals surface area contributed by atoms with Gasteiger partial charge in [-0.2, -0.15) is 0 Å². The quantitative estimate of drug-likeness (QED) is 0.653. The number of rotatable bonds is 4. The largest absolute Gasteiger partial charge is 0.347 e. The molecule has 1 amide bonds. The summed E-state index contributed by atoms with van der Waals surface area (Å²) < 4.78 is 0. The van der Waals surface area contributed by atoms with Gasteiger partial charge in [-0.05, 0) is 20.1 Å². The molecule has 2 aromatic heterocycles. The number of hydrogen-bond acceptors (Lipinski definition) is 5. The number of carbonyl (C=O) groups is 1. The molecule has 100 valence electrons. The second-order valence-corrected chi connectivity index (χ2v) is 4.75. The van der Waals surface area contributed by atoms with Gasteiger partial charge in [-0.15, -0.1) is 11.8 Å². The molecule has 0 unspecified atom stereocenters. The van der Waals surface area contributed by atoms with Crippen molar-refractivity contribution in [3.05, 3.63) is 35.3 Å². The lowest BCUT2D eigenvalue weighted by molar-refractivity contribution is 0.0945. The summed E-state index contributed by atoms with van der Waals surface area (Å²) >= 11 is 1.44. The lowest BCUT2D eigenvalue weighted by Gasteiger charge is -2.10. The number of thioether (sulfide) groups is 1. The van der Waals surface area contributed by atoms with E-state index in [0.29, 0.717) is 34.5 Å². The van der Waals surface area contributed by atoms with E-state index in [-0.39, 0.29) is 5.91 Å². The van der Waals surface area contributed by atoms with Crippen molar-refractivity contribution < 1.29 is 4.79 Å². The molecule has 7 heteroatoms. The Morgan fingerprint density at radius 3 is 2.84 bits per heavy atom. The maximum atomic E-state index is 12.2. The van der Waals surface area contributed by atoms with E-state index >= 15 is 0 Å². The molecule has 0 saturated carbocycles. The van der Waals surface area contributed by atoms with E-state index < -0.39 is 0 Å². The highest BCUT2D eigenvalue weighted by Gasteiger charge is 2.17. The molecular formula is C12H15N5OS. The summed E-state index contributed by atoms with van der Waals surface area (Å²) in [5.74, 6) is 1.20. The summed E-state index contributed by atoms with van der Waals surface area (Å²) in [5, 5.41) is 3.51. The number of nitrogens with zero attached hydrogens (tertiary/aromatic N) is 3. The molecule has 2 rings (SSSR count). The van der Waals surface area contributed by atoms with Crippen molar-refractivity contribution in [3.8, 4) is 0 Å². The first kappa shape index (κ1) is 13.5. The van der Waals surface area contributed by atoms with Crippen LogP contribution in [0.25, 0.3) is 0 Å². The summed E-state index contributed by atoms with van der Waals surface area (Å²) in [5.41, 5.74) is 1.22. The van der Waals surface area contributed by atoms with E-state index in [4.69, 9.17) is 0 Å². The number of amides is 1. The highest BCUT2D eigenvalue weighted by atomic mass is 32.2. The van der Waals surface area contributed by atoms with Crippen LogP contribution in [0.5, 0.6) is 0 Å². The minimum atomic E-state index is -0.182. The fourth-order valence-corrected chi connectivity index (χ4v) is 2.41. The van der Waals surface area contributed by atoms with E-state index in [1.54, 1.807) is 12.4 Å². The van der Waals surface area contributed by atoms with Crippen LogP contribution in [0.3, 0.4) is 0 Å². The van der Waals surface area contributed by atoms with Crippen molar-refractivity contribution in [2.45, 2.75) is 25.4 Å². The first-order valence-electron chi connectivity index (χ1n) is 5.77. The van der Waals surface area contributed by atoms with E-state index in [0.717, 1.165) is 0 Å². The highest BCUT2D eigenvalue weighted by molar-refractivity contribution is 7.98. The number of aryl methyl sites for hydroxylation is 2. The topological polar surface area (TPSA) is 83.6 Å². The molecule has 0 saturated heterocycles. The number of hydrogen-bond donors (Lipinski definition) is 2. The van der Waals surface area contributed by atoms with Crippen LogP contribution in [0.4, 0.5) is 0 Å². The van der Waals surface area contributed by atoms with Gasteiger partial charge in [0.25, 0.3) is 5.91 Å². The number of aromatic nitrogens is 4. The second kappa shape index (κ2) is 5.83. The van der Waals surface area contributed by atoms with Gasteiger partial charge in [0.15, 0.2) is 0 Å². The lowest BCUT2D eigenvalue weighted by Crippen LogP contribution is -2.25. The van der Waals surface area contributed by atoms with Crippen molar-refractivity contribution in [1.29, 1.82) is 0 Å². The van der Waals surface area contributed by atoms with Crippen molar-refractivity contribution in [2.75, 3.05) is 6.26 Å². The monoisotopic (exact) mass is 277 g/mol. The van der Waals surface area contributed by atoms with Gasteiger partial charge in [0, 0.05) is 12.4 Å². The number of nitrogens with one attached hydrogen (secondary N) is 2. The average molecular weight is 277 g/mol. The summed E-state index contributed by atoms with van der Waals surface area (Å²) in [4.78, 5) is 27.7. The first-order chi connectivity index (χ1) is 9.11. The van der Waals surface area contributed by atoms with Gasteiger partial charge in [0.1, 0.15) is 16.7 Å². The maximum absolute atomic E-state index is 12.2. The zero-order chi connectivity index (χ0) is 13.8. The minimum absolute atomic E-state index is 0.182. The van der Waals surface area contributed by atoms with Crippen LogP contribution < -0.4 is 5.32 Å². The Hall–Kier alpha value is -1.89. The Balaban J connectivity index is 2.18. The van der Waals surface area contributed by atoms with Crippen molar-refractivity contribution in [2.24, 2.45) is 0 Å². The molecule has 6 nitrogen and oxygen atoms in total. The van der Waals surface area contributed by atoms with Crippen LogP contribution in [-0.2, 0) is 6.54 Å². The molecule has 0 fully saturated rings. The van der Waals surface area contributed by atoms with Crippen molar-refractivity contribution >= 4 is 17.7 Å². The van der Waals surface area contributed by atoms with Crippen molar-refractivity contribution in [3.63, 3.8) is 0 Å². The molecule has 0 aromatic carbocycles. The molecule has 2 heterocycles. The lowest BCUT2D eigenvalue weighted by atomic mass is 10.2. The molecular weight excluding hydrogens is 262 g/mol. The van der Waals surface area contributed by atoms with Gasteiger partial charge in [0.05, 0.1) is 17.8 Å². The first-order valence-corrected chi connectivity index (χ1v) is 7.00. The zero-order valence-corrected chi connectivity index (χ0v) is 11.8. The highest BCUT2D eigenvalue weighted by Crippen LogP contribution is 2.20. The van der Waals surface area contributed by atoms with E-state index in [9.17, 15) is 4.79 Å². The Morgan fingerprint density at radius 1 is 1.42 bits per heavy atom. The average Bonchev–Trinajstić information content (AvgIpc) is 2.88. The molecule has 19 heavy (non-hydrogen) atoms. The smallest absolute Gasteiger partial charge is 0.256 e. The standard InChI is InChI=1S/C12H15N5OS/c1-7-10(12(19-3)17-8(2)16-7)11(18)15-6-9-13-4-5-14-9/h4-5H,6H2,1-3H3,(H,13,14)(H,15,18). The molecule has 0 atom stereocenters. The Labute approximate surface area is 115 Å². The molecule has 0 aliphatic heterocycles. The van der Waals surface area contributed by atoms with Gasteiger partial charge < -0.3 is 10.3 Å². The summed E-state index contributed by atoms with van der Waals surface area (Å²) in [6.45, 7) is 3.99. The zero-order valence-electron chi connectivity index (χ0n) is 11.0. The molecule has 0 bridgehead atoms. The number of carbonyl (C=O) groups excluding carboxylic acids is 1. The second-order valence-electron chi connectivity index (χ2n) is 3.96. The van der Waals surface area contributed by atoms with Gasteiger partial charge in [-0.3, -0.25) is 4.79 Å². The van der Waals surface area contributed by atoms with Gasteiger partial charge >= 0.3 is 0 Å². The predicted octanol–water partition coefficient (Wildman–Crippen LogP) is 1.47. The van der Waals surface area contributed by atoms with E-state index in [1.807, 2.05) is 20.1 Å². The third kappa shape index (κ3) is 3.11. The molecule has 0 spiro atoms. The number of imidazole rings is 1. The van der Waals surface area contributed by atoms with Crippen LogP contribution >= 0.6 is 11.8 Å². The number of aromatic amines is 1. The Morgan fingerprint density at radius 2 is 2.21 bits per heavy atom. The van der Waals surface area contributed by atoms with E-state index in [1.165, 1.54) is 11.8 Å². The maximum Gasteiger partial charge on any atom is 0.256 e. The van der Waals surface area contributed by atoms with Gasteiger partial charge in [0.2, 0.25) is 0 Å². The van der Waals surface area contributed by atoms with Crippen LogP contribution in [0.2, 0.25) is 0 Å². The fourth-order valence-electron chi connectivity index (χ4n) is 1.74. The SMILES string of the molecule is CSc1nc(C)nc(C)c1C(=O)NCc1ncc[nH]1. The Kier molecular flexibility index (Phi) is 4.16. The van der Waals surface area contributed by atoms with Crippen LogP contribution in [0.1, 0.15) is 27.7 Å². The summed E-state index contributed by atoms with van der Waals surface area (Å²) in [6, 6.07) is 0. The molecule has 0 aliphatic carbocycles. The molecule has 0 aliphatic rings. The minimum Gasteiger partial charge on any atom is -0.347 e. The fraction of sp³-hybridized carbons (Fsp3) is 0.333. The molecule has 2 N–H and O–H groups in total. The third-order valence-corrected chi connectivity index (χ3v) is 3.24. The van der Waals surface area contributed by atoms with E-state index in [2.05, 4.69) is 25.3 Å². The molecule has 0 radical (unpaired) electrons.